The largest absolute Gasteiger partial charge is 0.324 e. The second-order valence-corrected chi connectivity index (χ2v) is 5.87. The first-order chi connectivity index (χ1) is 9.22. The lowest BCUT2D eigenvalue weighted by atomic mass is 9.74. The van der Waals surface area contributed by atoms with E-state index in [2.05, 4.69) is 23.6 Å². The molecule has 102 valence electrons. The fourth-order valence-corrected chi connectivity index (χ4v) is 3.22. The summed E-state index contributed by atoms with van der Waals surface area (Å²) in [6.07, 6.45) is 6.68. The van der Waals surface area contributed by atoms with E-state index in [1.54, 1.807) is 0 Å². The molecule has 0 aromatic heterocycles. The van der Waals surface area contributed by atoms with Gasteiger partial charge < -0.3 is 10.6 Å². The lowest BCUT2D eigenvalue weighted by molar-refractivity contribution is -0.119. The summed E-state index contributed by atoms with van der Waals surface area (Å²) in [4.78, 5) is 12.3. The first-order valence-corrected chi connectivity index (χ1v) is 7.39. The third-order valence-corrected chi connectivity index (χ3v) is 4.76. The summed E-state index contributed by atoms with van der Waals surface area (Å²) in [5.74, 6) is 0.129. The molecule has 2 aliphatic rings. The minimum absolute atomic E-state index is 0.0485. The molecule has 1 aliphatic carbocycles. The number of hydrogen-bond acceptors (Lipinski definition) is 2. The predicted molar refractivity (Wildman–Crippen MR) is 77.2 cm³/mol. The number of anilines is 1. The number of rotatable bonds is 3. The van der Waals surface area contributed by atoms with Gasteiger partial charge in [-0.25, -0.2) is 0 Å². The molecule has 0 bridgehead atoms. The van der Waals surface area contributed by atoms with E-state index in [4.69, 9.17) is 0 Å². The van der Waals surface area contributed by atoms with Crippen LogP contribution in [0.15, 0.2) is 24.3 Å². The average molecular weight is 258 g/mol. The molecule has 1 aromatic rings. The quantitative estimate of drug-likeness (QED) is 0.875. The summed E-state index contributed by atoms with van der Waals surface area (Å²) in [5.41, 5.74) is 2.45. The molecule has 1 heterocycles. The smallest absolute Gasteiger partial charge is 0.241 e. The van der Waals surface area contributed by atoms with Gasteiger partial charge in [0.15, 0.2) is 0 Å². The van der Waals surface area contributed by atoms with E-state index in [1.807, 2.05) is 18.2 Å². The highest BCUT2D eigenvalue weighted by Crippen LogP contribution is 2.36. The van der Waals surface area contributed by atoms with Gasteiger partial charge in [0, 0.05) is 11.2 Å². The van der Waals surface area contributed by atoms with E-state index in [0.717, 1.165) is 24.9 Å². The van der Waals surface area contributed by atoms with Crippen molar-refractivity contribution in [1.29, 1.82) is 0 Å². The van der Waals surface area contributed by atoms with Gasteiger partial charge in [-0.3, -0.25) is 4.79 Å². The average Bonchev–Trinajstić information content (AvgIpc) is 2.53. The molecule has 1 unspecified atom stereocenters. The molecule has 0 saturated heterocycles. The van der Waals surface area contributed by atoms with E-state index < -0.39 is 0 Å². The Bertz CT molecular complexity index is 474. The van der Waals surface area contributed by atoms with E-state index in [0.29, 0.717) is 0 Å². The molecule has 3 rings (SSSR count). The Hall–Kier alpha value is -1.35. The molecule has 1 fully saturated rings. The van der Waals surface area contributed by atoms with Crippen LogP contribution in [0.1, 0.15) is 44.6 Å². The Morgan fingerprint density at radius 2 is 2.16 bits per heavy atom. The van der Waals surface area contributed by atoms with Crippen molar-refractivity contribution in [2.24, 2.45) is 0 Å². The molecule has 0 spiro atoms. The molecule has 2 N–H and O–H groups in total. The van der Waals surface area contributed by atoms with Crippen LogP contribution in [-0.2, 0) is 11.2 Å². The van der Waals surface area contributed by atoms with Crippen LogP contribution in [0.4, 0.5) is 5.69 Å². The lowest BCUT2D eigenvalue weighted by Crippen LogP contribution is -2.57. The lowest BCUT2D eigenvalue weighted by Gasteiger charge is -2.44. The van der Waals surface area contributed by atoms with Crippen LogP contribution >= 0.6 is 0 Å². The van der Waals surface area contributed by atoms with Crippen molar-refractivity contribution >= 4 is 11.6 Å². The van der Waals surface area contributed by atoms with Crippen LogP contribution in [0.3, 0.4) is 0 Å². The summed E-state index contributed by atoms with van der Waals surface area (Å²) in [6, 6.07) is 8.07. The second kappa shape index (κ2) is 4.97. The molecule has 1 amide bonds. The van der Waals surface area contributed by atoms with Crippen molar-refractivity contribution in [2.75, 3.05) is 5.32 Å². The number of fused-ring (bicyclic) bond motifs is 1. The van der Waals surface area contributed by atoms with Gasteiger partial charge in [-0.05, 0) is 50.2 Å². The maximum Gasteiger partial charge on any atom is 0.241 e. The first-order valence-electron chi connectivity index (χ1n) is 7.39. The van der Waals surface area contributed by atoms with Gasteiger partial charge in [-0.1, -0.05) is 25.1 Å². The van der Waals surface area contributed by atoms with Crippen LogP contribution in [0.2, 0.25) is 0 Å². The highest BCUT2D eigenvalue weighted by Gasteiger charge is 2.38. The van der Waals surface area contributed by atoms with E-state index in [1.165, 1.54) is 24.8 Å². The minimum Gasteiger partial charge on any atom is -0.324 e. The molecule has 19 heavy (non-hydrogen) atoms. The summed E-state index contributed by atoms with van der Waals surface area (Å²) in [6.45, 7) is 2.22. The van der Waals surface area contributed by atoms with E-state index in [-0.39, 0.29) is 17.5 Å². The van der Waals surface area contributed by atoms with Crippen LogP contribution in [0, 0.1) is 0 Å². The van der Waals surface area contributed by atoms with Crippen molar-refractivity contribution in [3.8, 4) is 0 Å². The second-order valence-electron chi connectivity index (χ2n) is 5.87. The highest BCUT2D eigenvalue weighted by molar-refractivity contribution is 5.96. The van der Waals surface area contributed by atoms with Crippen LogP contribution in [0.25, 0.3) is 0 Å². The monoisotopic (exact) mass is 258 g/mol. The third-order valence-electron chi connectivity index (χ3n) is 4.76. The summed E-state index contributed by atoms with van der Waals surface area (Å²) < 4.78 is 0. The van der Waals surface area contributed by atoms with Crippen molar-refractivity contribution in [3.63, 3.8) is 0 Å². The topological polar surface area (TPSA) is 41.1 Å². The Labute approximate surface area is 114 Å². The number of aryl methyl sites for hydroxylation is 1. The fourth-order valence-electron chi connectivity index (χ4n) is 3.22. The molecule has 1 atom stereocenters. The maximum absolute atomic E-state index is 12.3. The number of benzene rings is 1. The zero-order chi connectivity index (χ0) is 13.3. The molecular weight excluding hydrogens is 236 g/mol. The number of carbonyl (C=O) groups is 1. The molecule has 0 radical (unpaired) electrons. The molecule has 1 saturated carbocycles. The van der Waals surface area contributed by atoms with Crippen LogP contribution in [-0.4, -0.2) is 17.5 Å². The summed E-state index contributed by atoms with van der Waals surface area (Å²) in [5, 5.41) is 6.70. The van der Waals surface area contributed by atoms with Gasteiger partial charge >= 0.3 is 0 Å². The SMILES string of the molecule is CCC1(NC2CCc3ccccc3NC2=O)CCC1. The number of amides is 1. The normalized spacial score (nSPS) is 24.9. The van der Waals surface area contributed by atoms with Gasteiger partial charge in [0.2, 0.25) is 5.91 Å². The number of nitrogens with one attached hydrogen (secondary N) is 2. The predicted octanol–water partition coefficient (Wildman–Crippen LogP) is 2.86. The van der Waals surface area contributed by atoms with E-state index in [9.17, 15) is 4.79 Å². The fraction of sp³-hybridized carbons (Fsp3) is 0.562. The van der Waals surface area contributed by atoms with Gasteiger partial charge in [-0.15, -0.1) is 0 Å². The highest BCUT2D eigenvalue weighted by atomic mass is 16.2. The Morgan fingerprint density at radius 1 is 1.37 bits per heavy atom. The van der Waals surface area contributed by atoms with Gasteiger partial charge in [-0.2, -0.15) is 0 Å². The summed E-state index contributed by atoms with van der Waals surface area (Å²) in [7, 11) is 0. The van der Waals surface area contributed by atoms with Crippen molar-refractivity contribution in [2.45, 2.75) is 57.0 Å². The Kier molecular flexibility index (Phi) is 3.31. The minimum atomic E-state index is -0.0485. The molecular formula is C16H22N2O. The number of hydrogen-bond donors (Lipinski definition) is 2. The standard InChI is InChI=1S/C16H22N2O/c1-2-16(10-5-11-16)18-14-9-8-12-6-3-4-7-13(12)17-15(14)19/h3-4,6-7,14,18H,2,5,8-11H2,1H3,(H,17,19). The zero-order valence-electron chi connectivity index (χ0n) is 11.5. The molecule has 1 aromatic carbocycles. The molecule has 3 heteroatoms. The van der Waals surface area contributed by atoms with Gasteiger partial charge in [0.05, 0.1) is 6.04 Å². The zero-order valence-corrected chi connectivity index (χ0v) is 11.5. The Morgan fingerprint density at radius 3 is 2.84 bits per heavy atom. The third kappa shape index (κ3) is 2.39. The van der Waals surface area contributed by atoms with Crippen molar-refractivity contribution in [3.05, 3.63) is 29.8 Å². The Balaban J connectivity index is 1.74. The van der Waals surface area contributed by atoms with Crippen LogP contribution in [0.5, 0.6) is 0 Å². The van der Waals surface area contributed by atoms with Crippen molar-refractivity contribution < 1.29 is 4.79 Å². The van der Waals surface area contributed by atoms with Gasteiger partial charge in [0.25, 0.3) is 0 Å². The van der Waals surface area contributed by atoms with Crippen LogP contribution < -0.4 is 10.6 Å². The molecule has 3 nitrogen and oxygen atoms in total. The van der Waals surface area contributed by atoms with E-state index >= 15 is 0 Å². The number of carbonyl (C=O) groups excluding carboxylic acids is 1. The summed E-state index contributed by atoms with van der Waals surface area (Å²) >= 11 is 0. The number of para-hydroxylation sites is 1. The maximum atomic E-state index is 12.3. The van der Waals surface area contributed by atoms with Crippen molar-refractivity contribution in [1.82, 2.24) is 5.32 Å². The van der Waals surface area contributed by atoms with Gasteiger partial charge in [0.1, 0.15) is 0 Å². The molecule has 1 aliphatic heterocycles. The first kappa shape index (κ1) is 12.7.